The number of nitrogens with zero attached hydrogens (tertiary/aromatic N) is 3. The first-order valence-corrected chi connectivity index (χ1v) is 14.8. The molecule has 0 bridgehead atoms. The minimum absolute atomic E-state index is 0.0390. The van der Waals surface area contributed by atoms with Gasteiger partial charge in [0.2, 0.25) is 5.88 Å². The fourth-order valence-electron chi connectivity index (χ4n) is 4.77. The fraction of sp³-hybridized carbons (Fsp3) is 0.323. The van der Waals surface area contributed by atoms with Crippen LogP contribution in [0.1, 0.15) is 55.5 Å². The molecule has 1 aromatic heterocycles. The van der Waals surface area contributed by atoms with Crippen molar-refractivity contribution in [3.8, 4) is 35.0 Å². The van der Waals surface area contributed by atoms with Crippen molar-refractivity contribution in [3.63, 3.8) is 0 Å². The van der Waals surface area contributed by atoms with Crippen LogP contribution in [0.5, 0.6) is 35.0 Å². The number of aromatic hydroxyl groups is 1. The summed E-state index contributed by atoms with van der Waals surface area (Å²) in [4.78, 5) is 49.3. The monoisotopic (exact) mass is 647 g/mol. The maximum Gasteiger partial charge on any atom is 0.328 e. The molecule has 2 aliphatic rings. The first-order chi connectivity index (χ1) is 22.6. The topological polar surface area (TPSA) is 241 Å². The van der Waals surface area contributed by atoms with Crippen LogP contribution in [0.4, 0.5) is 5.69 Å². The lowest BCUT2D eigenvalue weighted by Crippen LogP contribution is -2.38. The molecule has 0 fully saturated rings. The van der Waals surface area contributed by atoms with Gasteiger partial charge in [-0.3, -0.25) is 30.1 Å². The van der Waals surface area contributed by atoms with Crippen LogP contribution >= 0.6 is 0 Å². The number of nitrogens with two attached hydrogens (primary N) is 1. The quantitative estimate of drug-likeness (QED) is 0.0888. The summed E-state index contributed by atoms with van der Waals surface area (Å²) < 4.78 is 22.9. The lowest BCUT2D eigenvalue weighted by atomic mass is 10.0. The highest BCUT2D eigenvalue weighted by Crippen LogP contribution is 2.41. The Balaban J connectivity index is 1.54. The molecule has 3 aromatic rings. The molecule has 1 amide bonds. The first kappa shape index (κ1) is 32.6. The van der Waals surface area contributed by atoms with Crippen molar-refractivity contribution >= 4 is 35.6 Å². The second-order valence-electron chi connectivity index (χ2n) is 10.5. The average Bonchev–Trinajstić information content (AvgIpc) is 3.04. The number of aromatic nitrogens is 2. The van der Waals surface area contributed by atoms with Gasteiger partial charge in [-0.1, -0.05) is 6.07 Å². The van der Waals surface area contributed by atoms with E-state index in [-0.39, 0.29) is 90.1 Å². The van der Waals surface area contributed by atoms with Gasteiger partial charge < -0.3 is 40.2 Å². The smallest absolute Gasteiger partial charge is 0.328 e. The molecule has 47 heavy (non-hydrogen) atoms. The lowest BCUT2D eigenvalue weighted by Gasteiger charge is -2.26. The Morgan fingerprint density at radius 3 is 2.70 bits per heavy atom. The van der Waals surface area contributed by atoms with Crippen molar-refractivity contribution in [1.29, 1.82) is 5.41 Å². The average molecular weight is 648 g/mol. The molecule has 0 saturated heterocycles. The fourth-order valence-corrected chi connectivity index (χ4v) is 4.77. The third-order valence-corrected chi connectivity index (χ3v) is 7.02. The van der Waals surface area contributed by atoms with E-state index in [0.29, 0.717) is 13.0 Å². The number of phenols is 1. The predicted molar refractivity (Wildman–Crippen MR) is 166 cm³/mol. The zero-order valence-corrected chi connectivity index (χ0v) is 25.3. The van der Waals surface area contributed by atoms with Gasteiger partial charge in [0.1, 0.15) is 17.8 Å². The molecule has 3 heterocycles. The van der Waals surface area contributed by atoms with E-state index < -0.39 is 18.0 Å². The van der Waals surface area contributed by atoms with Crippen molar-refractivity contribution in [2.75, 3.05) is 18.5 Å². The largest absolute Gasteiger partial charge is 0.504 e. The highest BCUT2D eigenvalue weighted by atomic mass is 16.5. The van der Waals surface area contributed by atoms with Gasteiger partial charge in [0.25, 0.3) is 11.8 Å². The summed E-state index contributed by atoms with van der Waals surface area (Å²) in [5.74, 6) is -2.87. The van der Waals surface area contributed by atoms with Gasteiger partial charge >= 0.3 is 17.9 Å². The second kappa shape index (κ2) is 14.6. The highest BCUT2D eigenvalue weighted by Gasteiger charge is 2.33. The van der Waals surface area contributed by atoms with E-state index in [1.807, 2.05) is 12.3 Å². The number of amidine groups is 1. The molecule has 0 aliphatic carbocycles. The molecule has 16 heteroatoms. The number of anilines is 1. The summed E-state index contributed by atoms with van der Waals surface area (Å²) in [6.45, 7) is 2.70. The third kappa shape index (κ3) is 8.29. The number of ether oxygens (including phenoxy) is 4. The van der Waals surface area contributed by atoms with Crippen molar-refractivity contribution in [2.24, 2.45) is 10.7 Å². The summed E-state index contributed by atoms with van der Waals surface area (Å²) in [7, 11) is 0. The number of carboxylic acids is 1. The molecule has 16 nitrogen and oxygen atoms in total. The van der Waals surface area contributed by atoms with Crippen molar-refractivity contribution in [3.05, 3.63) is 53.1 Å². The number of hydrogen-bond acceptors (Lipinski definition) is 13. The molecular weight excluding hydrogens is 614 g/mol. The number of amides is 1. The summed E-state index contributed by atoms with van der Waals surface area (Å²) >= 11 is 0. The van der Waals surface area contributed by atoms with Gasteiger partial charge in [0.15, 0.2) is 23.3 Å². The molecular formula is C31H33N7O9. The van der Waals surface area contributed by atoms with Crippen molar-refractivity contribution < 1.29 is 43.5 Å². The Hall–Kier alpha value is -5.77. The number of carbonyl (C=O) groups excluding carboxylic acids is 2. The number of nitrogens with one attached hydrogen (secondary N) is 3. The molecule has 246 valence electrons. The number of rotatable bonds is 13. The van der Waals surface area contributed by atoms with E-state index in [1.54, 1.807) is 19.1 Å². The van der Waals surface area contributed by atoms with Gasteiger partial charge in [0, 0.05) is 37.6 Å². The summed E-state index contributed by atoms with van der Waals surface area (Å²) in [6, 6.07) is 9.00. The summed E-state index contributed by atoms with van der Waals surface area (Å²) in [5, 5.41) is 33.2. The first-order valence-electron chi connectivity index (χ1n) is 14.8. The van der Waals surface area contributed by atoms with E-state index in [2.05, 4.69) is 25.6 Å². The maximum atomic E-state index is 12.9. The number of aliphatic imine (C=N–C) groups is 1. The van der Waals surface area contributed by atoms with Crippen LogP contribution in [0, 0.1) is 5.41 Å². The minimum Gasteiger partial charge on any atom is -0.504 e. The third-order valence-electron chi connectivity index (χ3n) is 7.02. The van der Waals surface area contributed by atoms with Crippen LogP contribution in [0.3, 0.4) is 0 Å². The summed E-state index contributed by atoms with van der Waals surface area (Å²) in [5.41, 5.74) is 7.30. The normalized spacial score (nSPS) is 16.7. The van der Waals surface area contributed by atoms with Crippen LogP contribution in [-0.4, -0.2) is 69.3 Å². The number of carboxylic acid groups (broad SMARTS) is 1. The molecule has 2 atom stereocenters. The van der Waals surface area contributed by atoms with E-state index in [1.165, 1.54) is 18.2 Å². The Morgan fingerprint density at radius 1 is 1.15 bits per heavy atom. The molecule has 0 radical (unpaired) electrons. The van der Waals surface area contributed by atoms with Crippen molar-refractivity contribution in [2.45, 2.75) is 51.3 Å². The minimum atomic E-state index is -1.18. The second-order valence-corrected chi connectivity index (χ2v) is 10.5. The Kier molecular flexibility index (Phi) is 10.1. The van der Waals surface area contributed by atoms with E-state index in [0.717, 1.165) is 17.5 Å². The van der Waals surface area contributed by atoms with Gasteiger partial charge in [-0.15, -0.1) is 0 Å². The van der Waals surface area contributed by atoms with Gasteiger partial charge in [0.05, 0.1) is 6.61 Å². The molecule has 2 unspecified atom stereocenters. The van der Waals surface area contributed by atoms with Crippen LogP contribution in [0.25, 0.3) is 0 Å². The molecule has 0 saturated carbocycles. The molecule has 2 aromatic carbocycles. The van der Waals surface area contributed by atoms with Crippen LogP contribution in [0.15, 0.2) is 41.4 Å². The lowest BCUT2D eigenvalue weighted by molar-refractivity contribution is -0.143. The number of aryl methyl sites for hydroxylation is 1. The predicted octanol–water partition coefficient (Wildman–Crippen LogP) is 3.17. The SMILES string of the molecule is CCOC(=O)CCc1cc(Oc2nc(Oc3cc(C(=N)N)ccc3O)nc3c2NC(=O)C(CCC(=O)O)O3)cc(C2N=CCCN2)c1. The van der Waals surface area contributed by atoms with Gasteiger partial charge in [-0.2, -0.15) is 9.97 Å². The zero-order valence-electron chi connectivity index (χ0n) is 25.3. The molecule has 0 spiro atoms. The molecule has 7 N–H and O–H groups in total. The number of esters is 1. The number of nitrogen functional groups attached to an aromatic ring is 1. The summed E-state index contributed by atoms with van der Waals surface area (Å²) in [6.07, 6.45) is 1.03. The van der Waals surface area contributed by atoms with Crippen molar-refractivity contribution in [1.82, 2.24) is 15.3 Å². The number of aliphatic carboxylic acids is 1. The van der Waals surface area contributed by atoms with Crippen LogP contribution < -0.4 is 30.6 Å². The van der Waals surface area contributed by atoms with Crippen LogP contribution in [0.2, 0.25) is 0 Å². The van der Waals surface area contributed by atoms with Gasteiger partial charge in [-0.25, -0.2) is 0 Å². The standard InChI is InChI=1S/C31H33N7O9/c1-2-44-24(42)9-4-16-12-18(27-34-10-3-11-35-27)14-19(13-16)45-29-25-30(46-21(28(43)36-25)7-8-23(40)41)38-31(37-29)47-22-15-17(26(32)33)5-6-20(22)39/h5-6,10,12-15,21,27,35,39H,2-4,7-9,11H2,1H3,(H3,32,33)(H,36,43)(H,40,41). The van der Waals surface area contributed by atoms with Crippen LogP contribution in [-0.2, 0) is 25.5 Å². The number of fused-ring (bicyclic) bond motifs is 1. The van der Waals surface area contributed by atoms with Gasteiger partial charge in [-0.05, 0) is 61.2 Å². The number of phenolic OH excluding ortho intramolecular Hbond substituents is 1. The molecule has 2 aliphatic heterocycles. The number of hydrogen-bond donors (Lipinski definition) is 6. The van der Waals surface area contributed by atoms with E-state index >= 15 is 0 Å². The Bertz CT molecular complexity index is 1730. The molecule has 5 rings (SSSR count). The number of carbonyl (C=O) groups is 3. The van der Waals surface area contributed by atoms with E-state index in [9.17, 15) is 19.5 Å². The zero-order chi connectivity index (χ0) is 33.5. The Morgan fingerprint density at radius 2 is 1.98 bits per heavy atom. The maximum absolute atomic E-state index is 12.9. The number of benzene rings is 2. The van der Waals surface area contributed by atoms with E-state index in [4.69, 9.17) is 35.2 Å². The highest BCUT2D eigenvalue weighted by molar-refractivity contribution is 5.99. The Labute approximate surface area is 268 Å².